The Morgan fingerprint density at radius 2 is 1.96 bits per heavy atom. The van der Waals surface area contributed by atoms with Crippen LogP contribution in [0.1, 0.15) is 47.3 Å². The van der Waals surface area contributed by atoms with Gasteiger partial charge in [0.2, 0.25) is 0 Å². The van der Waals surface area contributed by atoms with E-state index in [9.17, 15) is 9.18 Å². The van der Waals surface area contributed by atoms with Gasteiger partial charge in [0.1, 0.15) is 18.2 Å². The fraction of sp³-hybridized carbons (Fsp3) is 0.273. The third-order valence-corrected chi connectivity index (χ3v) is 5.81. The van der Waals surface area contributed by atoms with Gasteiger partial charge < -0.3 is 10.1 Å². The smallest absolute Gasteiger partial charge is 0.252 e. The number of halogens is 1. The van der Waals surface area contributed by atoms with Crippen molar-refractivity contribution in [1.29, 1.82) is 0 Å². The molecule has 2 aromatic carbocycles. The summed E-state index contributed by atoms with van der Waals surface area (Å²) in [6.45, 7) is 0.369. The minimum atomic E-state index is -0.442. The van der Waals surface area contributed by atoms with Gasteiger partial charge in [-0.3, -0.25) is 4.79 Å². The Balaban J connectivity index is 1.50. The maximum Gasteiger partial charge on any atom is 0.252 e. The summed E-state index contributed by atoms with van der Waals surface area (Å²) >= 11 is 1.52. The molecular formula is C22H21FN2O2S. The molecule has 1 N–H and O–H groups in total. The minimum Gasteiger partial charge on any atom is -0.487 e. The van der Waals surface area contributed by atoms with E-state index in [4.69, 9.17) is 4.74 Å². The third kappa shape index (κ3) is 4.07. The maximum absolute atomic E-state index is 13.3. The van der Waals surface area contributed by atoms with E-state index in [-0.39, 0.29) is 11.7 Å². The van der Waals surface area contributed by atoms with Crippen LogP contribution in [0.25, 0.3) is 0 Å². The zero-order chi connectivity index (χ0) is 19.4. The van der Waals surface area contributed by atoms with E-state index in [2.05, 4.69) is 10.3 Å². The summed E-state index contributed by atoms with van der Waals surface area (Å²) in [6.07, 6.45) is 3.78. The van der Waals surface area contributed by atoms with Crippen LogP contribution in [-0.2, 0) is 12.1 Å². The molecule has 0 bridgehead atoms. The van der Waals surface area contributed by atoms with Gasteiger partial charge in [-0.25, -0.2) is 9.37 Å². The Kier molecular flexibility index (Phi) is 5.39. The number of nitrogens with zero attached hydrogens (tertiary/aromatic N) is 1. The molecular weight excluding hydrogens is 375 g/mol. The average Bonchev–Trinajstić information content (AvgIpc) is 3.40. The van der Waals surface area contributed by atoms with E-state index < -0.39 is 5.54 Å². The van der Waals surface area contributed by atoms with Crippen LogP contribution in [0.5, 0.6) is 5.75 Å². The van der Waals surface area contributed by atoms with Crippen LogP contribution in [0.2, 0.25) is 0 Å². The summed E-state index contributed by atoms with van der Waals surface area (Å²) in [5.41, 5.74) is 3.68. The number of hydrogen-bond acceptors (Lipinski definition) is 4. The van der Waals surface area contributed by atoms with Crippen LogP contribution in [0.3, 0.4) is 0 Å². The van der Waals surface area contributed by atoms with Crippen molar-refractivity contribution in [3.05, 3.63) is 82.1 Å². The molecule has 0 radical (unpaired) electrons. The Labute approximate surface area is 167 Å². The topological polar surface area (TPSA) is 51.2 Å². The van der Waals surface area contributed by atoms with Gasteiger partial charge >= 0.3 is 0 Å². The fourth-order valence-electron chi connectivity index (χ4n) is 3.72. The Morgan fingerprint density at radius 1 is 1.18 bits per heavy atom. The molecule has 0 unspecified atom stereocenters. The van der Waals surface area contributed by atoms with Crippen molar-refractivity contribution in [3.8, 4) is 5.75 Å². The molecule has 1 amide bonds. The summed E-state index contributed by atoms with van der Waals surface area (Å²) in [5, 5.41) is 5.15. The van der Waals surface area contributed by atoms with E-state index in [1.165, 1.54) is 23.5 Å². The quantitative estimate of drug-likeness (QED) is 0.634. The number of benzene rings is 2. The second kappa shape index (κ2) is 8.10. The number of nitrogens with one attached hydrogen (secondary N) is 1. The molecule has 0 aliphatic heterocycles. The van der Waals surface area contributed by atoms with Crippen molar-refractivity contribution in [3.63, 3.8) is 0 Å². The number of aromatic nitrogens is 1. The number of amides is 1. The van der Waals surface area contributed by atoms with Crippen LogP contribution in [-0.4, -0.2) is 10.9 Å². The van der Waals surface area contributed by atoms with Gasteiger partial charge in [0.05, 0.1) is 16.7 Å². The van der Waals surface area contributed by atoms with Crippen LogP contribution in [0.4, 0.5) is 4.39 Å². The second-order valence-corrected chi connectivity index (χ2v) is 7.77. The number of carbonyl (C=O) groups is 1. The first-order valence-electron chi connectivity index (χ1n) is 9.33. The van der Waals surface area contributed by atoms with Gasteiger partial charge in [0.25, 0.3) is 5.91 Å². The van der Waals surface area contributed by atoms with Gasteiger partial charge in [-0.15, -0.1) is 11.3 Å². The lowest BCUT2D eigenvalue weighted by atomic mass is 9.87. The van der Waals surface area contributed by atoms with Crippen LogP contribution in [0, 0.1) is 5.82 Å². The van der Waals surface area contributed by atoms with Gasteiger partial charge in [0.15, 0.2) is 0 Å². The lowest BCUT2D eigenvalue weighted by molar-refractivity contribution is 0.0897. The molecule has 1 saturated carbocycles. The molecule has 6 heteroatoms. The molecule has 4 rings (SSSR count). The zero-order valence-electron chi connectivity index (χ0n) is 15.4. The normalized spacial score (nSPS) is 15.3. The van der Waals surface area contributed by atoms with Crippen LogP contribution >= 0.6 is 11.3 Å². The Bertz CT molecular complexity index is 935. The predicted octanol–water partition coefficient (Wildman–Crippen LogP) is 5.06. The fourth-order valence-corrected chi connectivity index (χ4v) is 4.26. The molecule has 144 valence electrons. The van der Waals surface area contributed by atoms with Crippen molar-refractivity contribution < 1.29 is 13.9 Å². The molecule has 0 atom stereocenters. The standard InChI is InChI=1S/C22H21FN2O2S/c23-18-8-6-17(7-9-18)22(10-1-2-11-22)25-21(26)16-4-3-5-20(12-16)27-13-19-14-28-15-24-19/h3-9,12,14-15H,1-2,10-11,13H2,(H,25,26). The van der Waals surface area contributed by atoms with E-state index in [0.717, 1.165) is 36.9 Å². The van der Waals surface area contributed by atoms with E-state index in [0.29, 0.717) is 17.9 Å². The van der Waals surface area contributed by atoms with Gasteiger partial charge in [-0.1, -0.05) is 31.0 Å². The molecule has 1 aliphatic rings. The van der Waals surface area contributed by atoms with Crippen molar-refractivity contribution in [2.45, 2.75) is 37.8 Å². The molecule has 0 saturated heterocycles. The first-order valence-corrected chi connectivity index (χ1v) is 10.3. The molecule has 0 spiro atoms. The number of thiazole rings is 1. The van der Waals surface area contributed by atoms with E-state index >= 15 is 0 Å². The lowest BCUT2D eigenvalue weighted by Crippen LogP contribution is -2.43. The van der Waals surface area contributed by atoms with Crippen molar-refractivity contribution in [2.75, 3.05) is 0 Å². The largest absolute Gasteiger partial charge is 0.487 e. The maximum atomic E-state index is 13.3. The van der Waals surface area contributed by atoms with Crippen molar-refractivity contribution >= 4 is 17.2 Å². The molecule has 28 heavy (non-hydrogen) atoms. The minimum absolute atomic E-state index is 0.148. The molecule has 1 heterocycles. The summed E-state index contributed by atoms with van der Waals surface area (Å²) < 4.78 is 19.1. The van der Waals surface area contributed by atoms with Crippen LogP contribution in [0.15, 0.2) is 59.4 Å². The number of hydrogen-bond donors (Lipinski definition) is 1. The monoisotopic (exact) mass is 396 g/mol. The highest BCUT2D eigenvalue weighted by atomic mass is 32.1. The predicted molar refractivity (Wildman–Crippen MR) is 107 cm³/mol. The molecule has 1 aromatic heterocycles. The average molecular weight is 396 g/mol. The highest BCUT2D eigenvalue weighted by Gasteiger charge is 2.37. The van der Waals surface area contributed by atoms with Gasteiger partial charge in [0, 0.05) is 10.9 Å². The van der Waals surface area contributed by atoms with Crippen LogP contribution < -0.4 is 10.1 Å². The molecule has 3 aromatic rings. The Hall–Kier alpha value is -2.73. The van der Waals surface area contributed by atoms with Gasteiger partial charge in [-0.2, -0.15) is 0 Å². The summed E-state index contributed by atoms with van der Waals surface area (Å²) in [4.78, 5) is 17.2. The van der Waals surface area contributed by atoms with E-state index in [1.807, 2.05) is 17.5 Å². The highest BCUT2D eigenvalue weighted by Crippen LogP contribution is 2.39. The Morgan fingerprint density at radius 3 is 2.68 bits per heavy atom. The summed E-state index contributed by atoms with van der Waals surface area (Å²) in [6, 6.07) is 13.6. The first-order chi connectivity index (χ1) is 13.6. The second-order valence-electron chi connectivity index (χ2n) is 7.05. The highest BCUT2D eigenvalue weighted by molar-refractivity contribution is 7.07. The molecule has 1 aliphatic carbocycles. The molecule has 1 fully saturated rings. The SMILES string of the molecule is O=C(NC1(c2ccc(F)cc2)CCCC1)c1cccc(OCc2cscn2)c1. The van der Waals surface area contributed by atoms with E-state index in [1.54, 1.807) is 29.8 Å². The van der Waals surface area contributed by atoms with Crippen molar-refractivity contribution in [1.82, 2.24) is 10.3 Å². The summed E-state index contributed by atoms with van der Waals surface area (Å²) in [7, 11) is 0. The number of carbonyl (C=O) groups excluding carboxylic acids is 1. The third-order valence-electron chi connectivity index (χ3n) is 5.17. The first kappa shape index (κ1) is 18.6. The molecule has 4 nitrogen and oxygen atoms in total. The zero-order valence-corrected chi connectivity index (χ0v) is 16.2. The summed E-state index contributed by atoms with van der Waals surface area (Å²) in [5.74, 6) is 0.210. The van der Waals surface area contributed by atoms with Crippen molar-refractivity contribution in [2.24, 2.45) is 0 Å². The number of ether oxygens (including phenoxy) is 1. The van der Waals surface area contributed by atoms with Gasteiger partial charge in [-0.05, 0) is 48.7 Å². The number of rotatable bonds is 6. The lowest BCUT2D eigenvalue weighted by Gasteiger charge is -2.31.